The third-order valence-corrected chi connectivity index (χ3v) is 5.15. The number of anilines is 2. The minimum atomic E-state index is -0.0996. The Morgan fingerprint density at radius 3 is 3.04 bits per heavy atom. The number of oxazole rings is 1. The number of carbonyl (C=O) groups is 1. The van der Waals surface area contributed by atoms with Crippen LogP contribution in [0.4, 0.5) is 10.9 Å². The Morgan fingerprint density at radius 2 is 2.27 bits per heavy atom. The van der Waals surface area contributed by atoms with E-state index in [1.54, 1.807) is 25.5 Å². The molecule has 0 spiro atoms. The van der Waals surface area contributed by atoms with Crippen LogP contribution in [0.1, 0.15) is 47.2 Å². The van der Waals surface area contributed by atoms with Gasteiger partial charge in [-0.3, -0.25) is 9.78 Å². The first-order chi connectivity index (χ1) is 12.7. The van der Waals surface area contributed by atoms with Gasteiger partial charge in [0.25, 0.3) is 5.91 Å². The lowest BCUT2D eigenvalue weighted by Gasteiger charge is -2.34. The summed E-state index contributed by atoms with van der Waals surface area (Å²) in [5.41, 5.74) is 1.26. The van der Waals surface area contributed by atoms with E-state index in [2.05, 4.69) is 25.3 Å². The molecule has 0 radical (unpaired) electrons. The average molecular weight is 370 g/mol. The molecule has 4 rings (SSSR count). The van der Waals surface area contributed by atoms with Crippen molar-refractivity contribution in [1.29, 1.82) is 0 Å². The zero-order chi connectivity index (χ0) is 17.9. The Balaban J connectivity index is 1.55. The van der Waals surface area contributed by atoms with Gasteiger partial charge in [0, 0.05) is 24.3 Å². The van der Waals surface area contributed by atoms with Gasteiger partial charge < -0.3 is 14.6 Å². The summed E-state index contributed by atoms with van der Waals surface area (Å²) in [6.45, 7) is 2.45. The third-order valence-electron chi connectivity index (χ3n) is 4.37. The number of nitrogens with zero attached hydrogens (tertiary/aromatic N) is 5. The van der Waals surface area contributed by atoms with Crippen LogP contribution in [0.2, 0.25) is 0 Å². The summed E-state index contributed by atoms with van der Waals surface area (Å²) >= 11 is 1.49. The maximum absolute atomic E-state index is 12.9. The second kappa shape index (κ2) is 7.20. The van der Waals surface area contributed by atoms with Gasteiger partial charge in [0.1, 0.15) is 5.76 Å². The van der Waals surface area contributed by atoms with Crippen molar-refractivity contribution in [3.05, 3.63) is 47.5 Å². The molecule has 1 fully saturated rings. The molecule has 1 unspecified atom stereocenters. The monoisotopic (exact) mass is 370 g/mol. The summed E-state index contributed by atoms with van der Waals surface area (Å²) in [6, 6.07) is -0.0546. The predicted octanol–water partition coefficient (Wildman–Crippen LogP) is 3.34. The van der Waals surface area contributed by atoms with Gasteiger partial charge in [-0.2, -0.15) is 0 Å². The maximum Gasteiger partial charge on any atom is 0.276 e. The second-order valence-corrected chi connectivity index (χ2v) is 6.92. The number of aryl methyl sites for hydroxylation is 1. The molecule has 1 aliphatic rings. The summed E-state index contributed by atoms with van der Waals surface area (Å²) in [6.07, 6.45) is 9.13. The van der Waals surface area contributed by atoms with Gasteiger partial charge in [0.2, 0.25) is 0 Å². The summed E-state index contributed by atoms with van der Waals surface area (Å²) in [4.78, 5) is 31.7. The highest BCUT2D eigenvalue weighted by Crippen LogP contribution is 2.34. The highest BCUT2D eigenvalue weighted by atomic mass is 32.1. The molecule has 1 amide bonds. The fourth-order valence-electron chi connectivity index (χ4n) is 3.10. The van der Waals surface area contributed by atoms with E-state index in [0.29, 0.717) is 23.8 Å². The number of thiazole rings is 1. The molecule has 1 saturated heterocycles. The van der Waals surface area contributed by atoms with E-state index in [0.717, 1.165) is 30.1 Å². The molecule has 8 nitrogen and oxygen atoms in total. The Hall–Kier alpha value is -2.81. The quantitative estimate of drug-likeness (QED) is 0.752. The van der Waals surface area contributed by atoms with Crippen molar-refractivity contribution in [2.45, 2.75) is 32.2 Å². The minimum Gasteiger partial charge on any atom is -0.448 e. The predicted molar refractivity (Wildman–Crippen MR) is 96.3 cm³/mol. The molecular weight excluding hydrogens is 352 g/mol. The molecule has 3 aromatic heterocycles. The van der Waals surface area contributed by atoms with Gasteiger partial charge in [0.05, 0.1) is 17.9 Å². The lowest BCUT2D eigenvalue weighted by Crippen LogP contribution is -2.39. The number of aromatic nitrogens is 4. The van der Waals surface area contributed by atoms with Gasteiger partial charge in [-0.15, -0.1) is 11.3 Å². The number of carbonyl (C=O) groups excluding carboxylic acids is 1. The van der Waals surface area contributed by atoms with Crippen molar-refractivity contribution >= 4 is 28.2 Å². The Bertz CT molecular complexity index is 894. The van der Waals surface area contributed by atoms with E-state index in [1.807, 2.05) is 10.3 Å². The van der Waals surface area contributed by atoms with Crippen LogP contribution in [0.25, 0.3) is 0 Å². The SMILES string of the molecule is Cc1ocnc1C(=O)N1CCCCC1c1csc(Nc2cnccn2)n1. The molecular formula is C17H18N6O2S. The topological polar surface area (TPSA) is 97.0 Å². The van der Waals surface area contributed by atoms with Crippen LogP contribution in [0.3, 0.4) is 0 Å². The highest BCUT2D eigenvalue weighted by molar-refractivity contribution is 7.13. The Morgan fingerprint density at radius 1 is 1.35 bits per heavy atom. The van der Waals surface area contributed by atoms with Crippen molar-refractivity contribution in [3.63, 3.8) is 0 Å². The fraction of sp³-hybridized carbons (Fsp3) is 0.353. The van der Waals surface area contributed by atoms with Crippen LogP contribution >= 0.6 is 11.3 Å². The number of nitrogens with one attached hydrogen (secondary N) is 1. The van der Waals surface area contributed by atoms with E-state index < -0.39 is 0 Å². The molecule has 1 atom stereocenters. The molecule has 0 aromatic carbocycles. The maximum atomic E-state index is 12.9. The number of rotatable bonds is 4. The number of piperidine rings is 1. The lowest BCUT2D eigenvalue weighted by molar-refractivity contribution is 0.0599. The molecule has 1 aliphatic heterocycles. The van der Waals surface area contributed by atoms with Crippen LogP contribution in [0.15, 0.2) is 34.8 Å². The van der Waals surface area contributed by atoms with Crippen molar-refractivity contribution < 1.29 is 9.21 Å². The smallest absolute Gasteiger partial charge is 0.276 e. The van der Waals surface area contributed by atoms with Gasteiger partial charge in [-0.25, -0.2) is 15.0 Å². The van der Waals surface area contributed by atoms with Gasteiger partial charge >= 0.3 is 0 Å². The van der Waals surface area contributed by atoms with E-state index in [9.17, 15) is 4.79 Å². The molecule has 4 heterocycles. The average Bonchev–Trinajstić information content (AvgIpc) is 3.31. The summed E-state index contributed by atoms with van der Waals surface area (Å²) in [5.74, 6) is 1.09. The zero-order valence-electron chi connectivity index (χ0n) is 14.3. The first-order valence-corrected chi connectivity index (χ1v) is 9.30. The van der Waals surface area contributed by atoms with Gasteiger partial charge in [-0.1, -0.05) is 0 Å². The van der Waals surface area contributed by atoms with Gasteiger partial charge in [-0.05, 0) is 26.2 Å². The summed E-state index contributed by atoms with van der Waals surface area (Å²) in [5, 5.41) is 5.87. The van der Waals surface area contributed by atoms with Crippen LogP contribution in [0, 0.1) is 6.92 Å². The minimum absolute atomic E-state index is 0.0546. The van der Waals surface area contributed by atoms with E-state index in [1.165, 1.54) is 17.7 Å². The zero-order valence-corrected chi connectivity index (χ0v) is 15.1. The fourth-order valence-corrected chi connectivity index (χ4v) is 3.86. The number of amides is 1. The van der Waals surface area contributed by atoms with Crippen molar-refractivity contribution in [2.75, 3.05) is 11.9 Å². The number of hydrogen-bond donors (Lipinski definition) is 1. The molecule has 3 aromatic rings. The van der Waals surface area contributed by atoms with Crippen LogP contribution in [0.5, 0.6) is 0 Å². The number of likely N-dealkylation sites (tertiary alicyclic amines) is 1. The highest BCUT2D eigenvalue weighted by Gasteiger charge is 2.32. The molecule has 134 valence electrons. The summed E-state index contributed by atoms with van der Waals surface area (Å²) in [7, 11) is 0. The second-order valence-electron chi connectivity index (χ2n) is 6.06. The van der Waals surface area contributed by atoms with Crippen molar-refractivity contribution in [1.82, 2.24) is 24.8 Å². The van der Waals surface area contributed by atoms with E-state index in [-0.39, 0.29) is 11.9 Å². The van der Waals surface area contributed by atoms with E-state index >= 15 is 0 Å². The first-order valence-electron chi connectivity index (χ1n) is 8.42. The molecule has 0 saturated carbocycles. The molecule has 0 aliphatic carbocycles. The molecule has 26 heavy (non-hydrogen) atoms. The standard InChI is InChI=1S/C17H18N6O2S/c1-11-15(20-10-25-11)16(24)23-7-3-2-4-13(23)12-9-26-17(21-12)22-14-8-18-5-6-19-14/h5-6,8-10,13H,2-4,7H2,1H3,(H,19,21,22). The van der Waals surface area contributed by atoms with Crippen LogP contribution < -0.4 is 5.32 Å². The molecule has 1 N–H and O–H groups in total. The Labute approximate surface area is 154 Å². The molecule has 0 bridgehead atoms. The largest absolute Gasteiger partial charge is 0.448 e. The van der Waals surface area contributed by atoms with E-state index in [4.69, 9.17) is 4.42 Å². The lowest BCUT2D eigenvalue weighted by atomic mass is 9.99. The van der Waals surface area contributed by atoms with Crippen LogP contribution in [-0.2, 0) is 0 Å². The van der Waals surface area contributed by atoms with Crippen molar-refractivity contribution in [2.24, 2.45) is 0 Å². The third kappa shape index (κ3) is 3.30. The van der Waals surface area contributed by atoms with Crippen molar-refractivity contribution in [3.8, 4) is 0 Å². The van der Waals surface area contributed by atoms with Gasteiger partial charge in [0.15, 0.2) is 23.0 Å². The first kappa shape index (κ1) is 16.6. The molecule has 9 heteroatoms. The summed E-state index contributed by atoms with van der Waals surface area (Å²) < 4.78 is 5.19. The number of hydrogen-bond acceptors (Lipinski definition) is 8. The Kier molecular flexibility index (Phi) is 4.61. The van der Waals surface area contributed by atoms with Crippen LogP contribution in [-0.4, -0.2) is 37.3 Å². The normalized spacial score (nSPS) is 17.3.